The number of rotatable bonds is 23. The van der Waals surface area contributed by atoms with Crippen molar-refractivity contribution in [2.45, 2.75) is 63.7 Å². The molecule has 0 amide bonds. The molecule has 1 unspecified atom stereocenters. The van der Waals surface area contributed by atoms with Crippen molar-refractivity contribution in [3.8, 4) is 40.5 Å². The summed E-state index contributed by atoms with van der Waals surface area (Å²) in [6.45, 7) is 5.60. The van der Waals surface area contributed by atoms with Crippen LogP contribution >= 0.6 is 0 Å². The molecule has 2 heterocycles. The first-order valence-electron chi connectivity index (χ1n) is 20.1. The van der Waals surface area contributed by atoms with Crippen LogP contribution in [0.3, 0.4) is 0 Å². The van der Waals surface area contributed by atoms with Crippen molar-refractivity contribution in [2.24, 2.45) is 0 Å². The van der Waals surface area contributed by atoms with Crippen LogP contribution in [0, 0.1) is 0 Å². The van der Waals surface area contributed by atoms with Crippen LogP contribution < -0.4 is 23.3 Å². The second kappa shape index (κ2) is 24.1. The number of carbonyl (C=O) groups excluding carboxylic acids is 2. The summed E-state index contributed by atoms with van der Waals surface area (Å²) in [7, 11) is -3.43. The average molecular weight is 956 g/mol. The second-order valence-corrected chi connectivity index (χ2v) is 16.6. The normalized spacial score (nSPS) is 12.0. The maximum absolute atomic E-state index is 15.1. The van der Waals surface area contributed by atoms with E-state index in [0.29, 0.717) is 9.87 Å². The molecule has 5 rings (SSSR count). The predicted octanol–water partition coefficient (Wildman–Crippen LogP) is 6.63. The van der Waals surface area contributed by atoms with Crippen molar-refractivity contribution in [1.29, 1.82) is 0 Å². The lowest BCUT2D eigenvalue weighted by atomic mass is 9.87. The Kier molecular flexibility index (Phi) is 18.4. The van der Waals surface area contributed by atoms with Crippen LogP contribution in [-0.4, -0.2) is 112 Å². The Bertz CT molecular complexity index is 2500. The predicted molar refractivity (Wildman–Crippen MR) is 228 cm³/mol. The van der Waals surface area contributed by atoms with Crippen molar-refractivity contribution in [3.63, 3.8) is 0 Å². The second-order valence-electron chi connectivity index (χ2n) is 14.7. The Morgan fingerprint density at radius 2 is 1.42 bits per heavy atom. The quantitative estimate of drug-likeness (QED) is 0.0176. The summed E-state index contributed by atoms with van der Waals surface area (Å²) in [5.41, 5.74) is 0.877. The van der Waals surface area contributed by atoms with Gasteiger partial charge in [-0.3, -0.25) is 25.7 Å². The SMILES string of the molecule is COc1ccccc1Oc1c(OCCOC(=O)Oc2cccc(CON(O)O)c2)nc(-c2ncccn2)nc1N(C(C)OC(=O)OCCCCON(O)O)S(=O)(=O)c1ccc(C(C)(C)C)cc1. The van der Waals surface area contributed by atoms with Crippen molar-refractivity contribution in [2.75, 3.05) is 37.8 Å². The number of methoxy groups -OCH3 is 1. The third-order valence-corrected chi connectivity index (χ3v) is 10.8. The van der Waals surface area contributed by atoms with Crippen molar-refractivity contribution in [3.05, 3.63) is 102 Å². The Labute approximate surface area is 384 Å². The van der Waals surface area contributed by atoms with E-state index in [1.807, 2.05) is 20.8 Å². The van der Waals surface area contributed by atoms with Crippen molar-refractivity contribution in [1.82, 2.24) is 30.7 Å². The summed E-state index contributed by atoms with van der Waals surface area (Å²) in [5.74, 6) is -1.51. The molecule has 0 bridgehead atoms. The van der Waals surface area contributed by atoms with E-state index < -0.39 is 70.0 Å². The van der Waals surface area contributed by atoms with Crippen molar-refractivity contribution < 1.29 is 81.7 Å². The lowest BCUT2D eigenvalue weighted by Crippen LogP contribution is -2.42. The molecule has 4 N–H and O–H groups in total. The maximum Gasteiger partial charge on any atom is 0.513 e. The van der Waals surface area contributed by atoms with Gasteiger partial charge in [-0.25, -0.2) is 42.1 Å². The molecule has 0 aliphatic rings. The first-order chi connectivity index (χ1) is 32.0. The number of para-hydroxylation sites is 2. The summed E-state index contributed by atoms with van der Waals surface area (Å²) in [6.07, 6.45) is -0.962. The monoisotopic (exact) mass is 955 g/mol. The number of nitrogens with zero attached hydrogens (tertiary/aromatic N) is 7. The van der Waals surface area contributed by atoms with Crippen LogP contribution in [0.2, 0.25) is 0 Å². The van der Waals surface area contributed by atoms with Crippen LogP contribution in [0.1, 0.15) is 51.7 Å². The third-order valence-electron chi connectivity index (χ3n) is 8.90. The Balaban J connectivity index is 1.57. The topological polar surface area (TPSA) is 294 Å². The number of sulfonamides is 1. The zero-order chi connectivity index (χ0) is 48.6. The first-order valence-corrected chi connectivity index (χ1v) is 21.6. The third kappa shape index (κ3) is 15.1. The number of anilines is 1. The van der Waals surface area contributed by atoms with Gasteiger partial charge in [0.25, 0.3) is 15.9 Å². The lowest BCUT2D eigenvalue weighted by Gasteiger charge is -2.30. The van der Waals surface area contributed by atoms with Gasteiger partial charge in [0.05, 0.1) is 42.6 Å². The van der Waals surface area contributed by atoms with Crippen LogP contribution in [0.5, 0.6) is 28.9 Å². The first kappa shape index (κ1) is 51.2. The van der Waals surface area contributed by atoms with Gasteiger partial charge in [-0.1, -0.05) is 57.2 Å². The molecule has 0 radical (unpaired) electrons. The van der Waals surface area contributed by atoms with E-state index in [4.69, 9.17) is 54.0 Å². The molecular formula is C42H49N7O17S. The summed E-state index contributed by atoms with van der Waals surface area (Å²) in [4.78, 5) is 52.4. The molecule has 0 aliphatic heterocycles. The number of aromatic nitrogens is 4. The number of benzene rings is 3. The number of carbonyl (C=O) groups is 2. The Morgan fingerprint density at radius 3 is 2.09 bits per heavy atom. The Morgan fingerprint density at radius 1 is 0.746 bits per heavy atom. The standard InChI is InChI=1S/C42H49N7O17S/c1-28(64-40(50)60-22-8-9-23-62-48(52)53)47(67(56,57)32-18-16-30(17-19-32)42(2,3)4)38-35(66-34-15-7-6-14-33(34)58-5)39(46-37(45-38)36-43-20-11-21-44-36)59-24-25-61-41(51)65-31-13-10-12-29(26-31)27-63-49(54)55/h6-7,10-21,26,28,52-55H,8-9,22-25,27H2,1-5H3. The minimum absolute atomic E-state index is 0.0379. The van der Waals surface area contributed by atoms with Crippen LogP contribution in [-0.2, 0) is 45.9 Å². The number of ether oxygens (including phenoxy) is 7. The fourth-order valence-electron chi connectivity index (χ4n) is 5.75. The zero-order valence-electron chi connectivity index (χ0n) is 36.8. The van der Waals surface area contributed by atoms with Crippen LogP contribution in [0.4, 0.5) is 15.4 Å². The molecule has 67 heavy (non-hydrogen) atoms. The summed E-state index contributed by atoms with van der Waals surface area (Å²) in [5, 5.41) is 34.3. The van der Waals surface area contributed by atoms with E-state index in [1.54, 1.807) is 36.4 Å². The van der Waals surface area contributed by atoms with E-state index in [2.05, 4.69) is 29.6 Å². The lowest BCUT2D eigenvalue weighted by molar-refractivity contribution is -0.497. The summed E-state index contributed by atoms with van der Waals surface area (Å²) in [6, 6.07) is 19.9. The molecule has 360 valence electrons. The molecular weight excluding hydrogens is 907 g/mol. The molecule has 0 fully saturated rings. The minimum Gasteiger partial charge on any atom is -0.493 e. The highest BCUT2D eigenvalue weighted by Gasteiger charge is 2.39. The van der Waals surface area contributed by atoms with E-state index >= 15 is 8.42 Å². The fourth-order valence-corrected chi connectivity index (χ4v) is 7.24. The highest BCUT2D eigenvalue weighted by molar-refractivity contribution is 7.92. The van der Waals surface area contributed by atoms with Gasteiger partial charge in [0, 0.05) is 12.4 Å². The van der Waals surface area contributed by atoms with E-state index in [-0.39, 0.29) is 71.9 Å². The van der Waals surface area contributed by atoms with Gasteiger partial charge in [-0.05, 0) is 78.8 Å². The molecule has 0 saturated heterocycles. The van der Waals surface area contributed by atoms with E-state index in [0.717, 1.165) is 5.56 Å². The number of unbranched alkanes of at least 4 members (excludes halogenated alkanes) is 1. The number of hydrogen-bond acceptors (Lipinski definition) is 23. The summed E-state index contributed by atoms with van der Waals surface area (Å²) >= 11 is 0. The molecule has 3 aromatic carbocycles. The fraction of sp³-hybridized carbons (Fsp3) is 0.333. The summed E-state index contributed by atoms with van der Waals surface area (Å²) < 4.78 is 70.1. The zero-order valence-corrected chi connectivity index (χ0v) is 37.6. The van der Waals surface area contributed by atoms with Gasteiger partial charge >= 0.3 is 12.3 Å². The largest absolute Gasteiger partial charge is 0.513 e. The molecule has 0 spiro atoms. The highest BCUT2D eigenvalue weighted by Crippen LogP contribution is 2.44. The average Bonchev–Trinajstić information content (AvgIpc) is 3.29. The molecule has 5 aromatic rings. The Hall–Kier alpha value is -6.81. The minimum atomic E-state index is -4.81. The maximum atomic E-state index is 15.1. The molecule has 0 saturated carbocycles. The van der Waals surface area contributed by atoms with Crippen LogP contribution in [0.25, 0.3) is 11.6 Å². The van der Waals surface area contributed by atoms with Gasteiger partial charge in [0.2, 0.25) is 11.6 Å². The molecule has 25 heteroatoms. The smallest absolute Gasteiger partial charge is 0.493 e. The number of hydrogen-bond donors (Lipinski definition) is 4. The molecule has 0 aliphatic carbocycles. The van der Waals surface area contributed by atoms with Gasteiger partial charge < -0.3 is 33.2 Å². The van der Waals surface area contributed by atoms with Gasteiger partial charge in [0.1, 0.15) is 19.0 Å². The van der Waals surface area contributed by atoms with E-state index in [1.165, 1.54) is 68.9 Å². The molecule has 1 atom stereocenters. The van der Waals surface area contributed by atoms with Gasteiger partial charge in [-0.2, -0.15) is 4.98 Å². The van der Waals surface area contributed by atoms with Gasteiger partial charge in [0.15, 0.2) is 29.4 Å². The molecule has 24 nitrogen and oxygen atoms in total. The van der Waals surface area contributed by atoms with E-state index in [9.17, 15) is 9.59 Å². The van der Waals surface area contributed by atoms with Crippen molar-refractivity contribution >= 4 is 28.2 Å². The van der Waals surface area contributed by atoms with Crippen LogP contribution in [0.15, 0.2) is 96.2 Å². The van der Waals surface area contributed by atoms with Gasteiger partial charge in [-0.15, -0.1) is 0 Å². The highest BCUT2D eigenvalue weighted by atomic mass is 32.2. The molecule has 2 aromatic heterocycles.